The average molecular weight is 483 g/mol. The summed E-state index contributed by atoms with van der Waals surface area (Å²) in [5, 5.41) is 0.999. The molecule has 1 fully saturated rings. The predicted octanol–water partition coefficient (Wildman–Crippen LogP) is 3.45. The lowest BCUT2D eigenvalue weighted by atomic mass is 10.2. The van der Waals surface area contributed by atoms with Crippen molar-refractivity contribution in [3.8, 4) is 5.75 Å². The Bertz CT molecular complexity index is 1130. The molecule has 35 heavy (non-hydrogen) atoms. The van der Waals surface area contributed by atoms with Crippen LogP contribution in [0.15, 0.2) is 61.2 Å². The molecule has 8 nitrogen and oxygen atoms in total. The van der Waals surface area contributed by atoms with Crippen LogP contribution in [0.2, 0.25) is 0 Å². The SMILES string of the molecule is CN1CCN(CCCOc2ccc(NN(C(=O)c3cncnc3)c3ccccc3F)cc2F)CC1. The maximum atomic E-state index is 14.8. The van der Waals surface area contributed by atoms with E-state index in [4.69, 9.17) is 4.74 Å². The fourth-order valence-electron chi connectivity index (χ4n) is 3.75. The minimum absolute atomic E-state index is 0.0222. The smallest absolute Gasteiger partial charge is 0.280 e. The van der Waals surface area contributed by atoms with Crippen LogP contribution in [0.3, 0.4) is 0 Å². The second kappa shape index (κ2) is 11.7. The summed E-state index contributed by atoms with van der Waals surface area (Å²) in [6, 6.07) is 10.1. The van der Waals surface area contributed by atoms with Crippen molar-refractivity contribution < 1.29 is 18.3 Å². The van der Waals surface area contributed by atoms with Gasteiger partial charge < -0.3 is 14.5 Å². The van der Waals surface area contributed by atoms with Crippen LogP contribution in [0.4, 0.5) is 20.2 Å². The van der Waals surface area contributed by atoms with E-state index in [1.807, 2.05) is 0 Å². The van der Waals surface area contributed by atoms with E-state index >= 15 is 0 Å². The lowest BCUT2D eigenvalue weighted by Gasteiger charge is -2.32. The van der Waals surface area contributed by atoms with Gasteiger partial charge in [-0.1, -0.05) is 12.1 Å². The number of hydrogen-bond donors (Lipinski definition) is 1. The number of piperazine rings is 1. The van der Waals surface area contributed by atoms with Crippen molar-refractivity contribution in [3.63, 3.8) is 0 Å². The van der Waals surface area contributed by atoms with E-state index in [0.717, 1.165) is 44.2 Å². The third-order valence-electron chi connectivity index (χ3n) is 5.75. The highest BCUT2D eigenvalue weighted by Crippen LogP contribution is 2.25. The highest BCUT2D eigenvalue weighted by Gasteiger charge is 2.22. The van der Waals surface area contributed by atoms with Gasteiger partial charge in [-0.25, -0.2) is 23.8 Å². The molecule has 10 heteroatoms. The molecule has 0 bridgehead atoms. The molecular weight excluding hydrogens is 454 g/mol. The first kappa shape index (κ1) is 24.5. The van der Waals surface area contributed by atoms with Crippen molar-refractivity contribution in [1.82, 2.24) is 19.8 Å². The second-order valence-electron chi connectivity index (χ2n) is 8.32. The Morgan fingerprint density at radius 2 is 1.80 bits per heavy atom. The number of nitrogens with one attached hydrogen (secondary N) is 1. The van der Waals surface area contributed by atoms with Crippen molar-refractivity contribution in [2.24, 2.45) is 0 Å². The number of benzene rings is 2. The van der Waals surface area contributed by atoms with Crippen LogP contribution in [0.25, 0.3) is 0 Å². The predicted molar refractivity (Wildman–Crippen MR) is 129 cm³/mol. The van der Waals surface area contributed by atoms with Gasteiger partial charge in [0.05, 0.1) is 17.9 Å². The van der Waals surface area contributed by atoms with E-state index in [2.05, 4.69) is 32.2 Å². The molecule has 4 rings (SSSR count). The first-order valence-corrected chi connectivity index (χ1v) is 11.4. The first-order chi connectivity index (χ1) is 17.0. The van der Waals surface area contributed by atoms with Gasteiger partial charge in [0.15, 0.2) is 11.6 Å². The molecule has 1 saturated heterocycles. The topological polar surface area (TPSA) is 73.8 Å². The standard InChI is InChI=1S/C25H28F2N6O2/c1-31-10-12-32(13-11-31)9-4-14-35-24-8-7-20(15-22(24)27)30-33(23-6-3-2-5-21(23)26)25(34)19-16-28-18-29-17-19/h2-3,5-8,15-18,30H,4,9-14H2,1H3. The molecule has 3 aromatic rings. The normalized spacial score (nSPS) is 14.5. The molecule has 0 atom stereocenters. The number of halogens is 2. The van der Waals surface area contributed by atoms with Gasteiger partial charge in [-0.05, 0) is 37.7 Å². The second-order valence-corrected chi connectivity index (χ2v) is 8.32. The molecule has 1 N–H and O–H groups in total. The summed E-state index contributed by atoms with van der Waals surface area (Å²) in [4.78, 5) is 25.4. The summed E-state index contributed by atoms with van der Waals surface area (Å²) < 4.78 is 34.9. The number of amides is 1. The molecular formula is C25H28F2N6O2. The maximum absolute atomic E-state index is 14.8. The van der Waals surface area contributed by atoms with Gasteiger partial charge in [0.2, 0.25) is 0 Å². The molecule has 1 aromatic heterocycles. The van der Waals surface area contributed by atoms with Crippen molar-refractivity contribution in [2.45, 2.75) is 6.42 Å². The average Bonchev–Trinajstić information content (AvgIpc) is 2.88. The summed E-state index contributed by atoms with van der Waals surface area (Å²) >= 11 is 0. The Labute approximate surface area is 203 Å². The Morgan fingerprint density at radius 3 is 2.51 bits per heavy atom. The molecule has 2 heterocycles. The number of hydrogen-bond acceptors (Lipinski definition) is 7. The number of hydrazine groups is 1. The molecule has 0 spiro atoms. The molecule has 0 saturated carbocycles. The summed E-state index contributed by atoms with van der Waals surface area (Å²) in [6.07, 6.45) is 4.73. The van der Waals surface area contributed by atoms with Crippen LogP contribution < -0.4 is 15.2 Å². The van der Waals surface area contributed by atoms with E-state index in [1.54, 1.807) is 12.1 Å². The van der Waals surface area contributed by atoms with E-state index in [9.17, 15) is 13.6 Å². The molecule has 0 aliphatic carbocycles. The van der Waals surface area contributed by atoms with E-state index < -0.39 is 17.5 Å². The number of para-hydroxylation sites is 1. The highest BCUT2D eigenvalue weighted by molar-refractivity contribution is 6.07. The van der Waals surface area contributed by atoms with Crippen LogP contribution in [-0.4, -0.2) is 72.1 Å². The minimum atomic E-state index is -0.619. The van der Waals surface area contributed by atoms with Crippen molar-refractivity contribution >= 4 is 17.3 Å². The summed E-state index contributed by atoms with van der Waals surface area (Å²) in [5.74, 6) is -1.68. The molecule has 2 aromatic carbocycles. The molecule has 1 aliphatic heterocycles. The number of anilines is 2. The quantitative estimate of drug-likeness (QED) is 0.370. The van der Waals surface area contributed by atoms with Crippen LogP contribution in [0.5, 0.6) is 5.75 Å². The zero-order valence-corrected chi connectivity index (χ0v) is 19.5. The Balaban J connectivity index is 1.41. The number of ether oxygens (including phenoxy) is 1. The molecule has 1 aliphatic rings. The van der Waals surface area contributed by atoms with Crippen LogP contribution in [-0.2, 0) is 0 Å². The van der Waals surface area contributed by atoms with Gasteiger partial charge in [0.1, 0.15) is 17.8 Å². The van der Waals surface area contributed by atoms with Crippen molar-refractivity contribution in [1.29, 1.82) is 0 Å². The molecule has 1 amide bonds. The van der Waals surface area contributed by atoms with Gasteiger partial charge >= 0.3 is 0 Å². The monoisotopic (exact) mass is 482 g/mol. The zero-order valence-electron chi connectivity index (χ0n) is 19.5. The molecule has 0 radical (unpaired) electrons. The zero-order chi connectivity index (χ0) is 24.6. The summed E-state index contributed by atoms with van der Waals surface area (Å²) in [5.41, 5.74) is 3.17. The number of likely N-dealkylation sites (N-methyl/N-ethyl adjacent to an activating group) is 1. The fraction of sp³-hybridized carbons (Fsp3) is 0.320. The highest BCUT2D eigenvalue weighted by atomic mass is 19.1. The van der Waals surface area contributed by atoms with Crippen molar-refractivity contribution in [3.05, 3.63) is 78.4 Å². The van der Waals surface area contributed by atoms with Crippen LogP contribution in [0, 0.1) is 11.6 Å². The van der Waals surface area contributed by atoms with Gasteiger partial charge in [-0.2, -0.15) is 0 Å². The van der Waals surface area contributed by atoms with Crippen LogP contribution >= 0.6 is 0 Å². The minimum Gasteiger partial charge on any atom is -0.490 e. The Morgan fingerprint density at radius 1 is 1.06 bits per heavy atom. The van der Waals surface area contributed by atoms with Gasteiger partial charge in [0.25, 0.3) is 5.91 Å². The van der Waals surface area contributed by atoms with Crippen molar-refractivity contribution in [2.75, 3.05) is 56.8 Å². The maximum Gasteiger partial charge on any atom is 0.280 e. The number of aromatic nitrogens is 2. The number of nitrogens with zero attached hydrogens (tertiary/aromatic N) is 5. The van der Waals surface area contributed by atoms with E-state index in [-0.39, 0.29) is 22.7 Å². The Hall–Kier alpha value is -3.63. The summed E-state index contributed by atoms with van der Waals surface area (Å²) in [6.45, 7) is 5.44. The number of rotatable bonds is 9. The lowest BCUT2D eigenvalue weighted by molar-refractivity contribution is 0.0991. The summed E-state index contributed by atoms with van der Waals surface area (Å²) in [7, 11) is 2.11. The lowest BCUT2D eigenvalue weighted by Crippen LogP contribution is -2.44. The van der Waals surface area contributed by atoms with Gasteiger partial charge in [-0.3, -0.25) is 10.2 Å². The first-order valence-electron chi connectivity index (χ1n) is 11.4. The third-order valence-corrected chi connectivity index (χ3v) is 5.75. The van der Waals surface area contributed by atoms with E-state index in [0.29, 0.717) is 6.61 Å². The van der Waals surface area contributed by atoms with Gasteiger partial charge in [-0.15, -0.1) is 0 Å². The Kier molecular flexibility index (Phi) is 8.17. The largest absolute Gasteiger partial charge is 0.490 e. The van der Waals surface area contributed by atoms with Gasteiger partial charge in [0, 0.05) is 51.2 Å². The van der Waals surface area contributed by atoms with Crippen LogP contribution in [0.1, 0.15) is 16.8 Å². The number of carbonyl (C=O) groups excluding carboxylic acids is 1. The molecule has 0 unspecified atom stereocenters. The fourth-order valence-corrected chi connectivity index (χ4v) is 3.75. The molecule has 184 valence electrons. The third kappa shape index (κ3) is 6.49. The van der Waals surface area contributed by atoms with E-state index in [1.165, 1.54) is 49.1 Å². The number of carbonyl (C=O) groups is 1.